The fraction of sp³-hybridized carbons (Fsp3) is 0.600. The maximum Gasteiger partial charge on any atom is 0.123 e. The Morgan fingerprint density at radius 1 is 1.40 bits per heavy atom. The molecule has 0 amide bonds. The van der Waals surface area contributed by atoms with Crippen molar-refractivity contribution in [3.05, 3.63) is 29.6 Å². The molecule has 2 N–H and O–H groups in total. The highest BCUT2D eigenvalue weighted by atomic mass is 19.1. The number of hydrogen-bond acceptors (Lipinski definition) is 4. The average Bonchev–Trinajstić information content (AvgIpc) is 2.48. The van der Waals surface area contributed by atoms with Gasteiger partial charge in [-0.15, -0.1) is 0 Å². The smallest absolute Gasteiger partial charge is 0.123 e. The Morgan fingerprint density at radius 2 is 2.20 bits per heavy atom. The van der Waals surface area contributed by atoms with Crippen molar-refractivity contribution >= 4 is 0 Å². The van der Waals surface area contributed by atoms with Gasteiger partial charge in [-0.05, 0) is 31.0 Å². The van der Waals surface area contributed by atoms with Crippen molar-refractivity contribution in [2.75, 3.05) is 27.3 Å². The second-order valence-electron chi connectivity index (χ2n) is 5.20. The second-order valence-corrected chi connectivity index (χ2v) is 5.20. The Hall–Kier alpha value is -1.17. The van der Waals surface area contributed by atoms with Crippen LogP contribution < -0.4 is 10.5 Å². The van der Waals surface area contributed by atoms with Gasteiger partial charge in [-0.3, -0.25) is 4.90 Å². The fourth-order valence-electron chi connectivity index (χ4n) is 2.82. The van der Waals surface area contributed by atoms with Crippen LogP contribution in [-0.2, 0) is 11.3 Å². The number of methoxy groups -OCH3 is 2. The number of likely N-dealkylation sites (tertiary alicyclic amines) is 1. The molecular weight excluding hydrogens is 259 g/mol. The fourth-order valence-corrected chi connectivity index (χ4v) is 2.82. The summed E-state index contributed by atoms with van der Waals surface area (Å²) in [6.45, 7) is 2.14. The topological polar surface area (TPSA) is 47.7 Å². The molecule has 0 aliphatic carbocycles. The summed E-state index contributed by atoms with van der Waals surface area (Å²) in [7, 11) is 3.35. The van der Waals surface area contributed by atoms with Crippen molar-refractivity contribution in [3.63, 3.8) is 0 Å². The molecule has 0 saturated carbocycles. The molecule has 2 atom stereocenters. The van der Waals surface area contributed by atoms with E-state index in [4.69, 9.17) is 15.2 Å². The molecule has 0 radical (unpaired) electrons. The summed E-state index contributed by atoms with van der Waals surface area (Å²) < 4.78 is 24.1. The van der Waals surface area contributed by atoms with Crippen LogP contribution in [0.25, 0.3) is 0 Å². The lowest BCUT2D eigenvalue weighted by atomic mass is 9.98. The zero-order chi connectivity index (χ0) is 14.5. The SMILES string of the molecule is COc1ccc(F)cc1CN1CCC(OC)CC1CN. The first-order chi connectivity index (χ1) is 9.67. The lowest BCUT2D eigenvalue weighted by Gasteiger charge is -2.38. The quantitative estimate of drug-likeness (QED) is 0.894. The Bertz CT molecular complexity index is 442. The van der Waals surface area contributed by atoms with Gasteiger partial charge in [-0.2, -0.15) is 0 Å². The number of hydrogen-bond donors (Lipinski definition) is 1. The van der Waals surface area contributed by atoms with Crippen molar-refractivity contribution in [2.24, 2.45) is 5.73 Å². The Kier molecular flexibility index (Phi) is 5.34. The molecule has 1 heterocycles. The molecule has 112 valence electrons. The zero-order valence-electron chi connectivity index (χ0n) is 12.1. The van der Waals surface area contributed by atoms with Gasteiger partial charge in [0.2, 0.25) is 0 Å². The van der Waals surface area contributed by atoms with E-state index in [1.165, 1.54) is 12.1 Å². The first-order valence-electron chi connectivity index (χ1n) is 6.97. The second kappa shape index (κ2) is 7.02. The van der Waals surface area contributed by atoms with Crippen LogP contribution in [0.1, 0.15) is 18.4 Å². The summed E-state index contributed by atoms with van der Waals surface area (Å²) in [6, 6.07) is 4.89. The van der Waals surface area contributed by atoms with Crippen LogP contribution in [0.5, 0.6) is 5.75 Å². The van der Waals surface area contributed by atoms with Crippen LogP contribution >= 0.6 is 0 Å². The molecular formula is C15H23FN2O2. The van der Waals surface area contributed by atoms with Gasteiger partial charge >= 0.3 is 0 Å². The number of rotatable bonds is 5. The number of benzene rings is 1. The van der Waals surface area contributed by atoms with Gasteiger partial charge < -0.3 is 15.2 Å². The third-order valence-corrected chi connectivity index (χ3v) is 4.01. The van der Waals surface area contributed by atoms with Gasteiger partial charge in [-0.1, -0.05) is 0 Å². The average molecular weight is 282 g/mol. The van der Waals surface area contributed by atoms with Gasteiger partial charge in [0.1, 0.15) is 11.6 Å². The van der Waals surface area contributed by atoms with E-state index < -0.39 is 0 Å². The monoisotopic (exact) mass is 282 g/mol. The summed E-state index contributed by atoms with van der Waals surface area (Å²) in [5.74, 6) is 0.480. The van der Waals surface area contributed by atoms with Gasteiger partial charge in [-0.25, -0.2) is 4.39 Å². The molecule has 5 heteroatoms. The van der Waals surface area contributed by atoms with Gasteiger partial charge in [0.05, 0.1) is 13.2 Å². The Balaban J connectivity index is 2.10. The normalized spacial score (nSPS) is 23.8. The summed E-state index contributed by atoms with van der Waals surface area (Å²) >= 11 is 0. The van der Waals surface area contributed by atoms with Crippen molar-refractivity contribution in [3.8, 4) is 5.75 Å². The van der Waals surface area contributed by atoms with Crippen molar-refractivity contribution in [2.45, 2.75) is 31.5 Å². The van der Waals surface area contributed by atoms with Crippen LogP contribution in [-0.4, -0.2) is 44.4 Å². The lowest BCUT2D eigenvalue weighted by Crippen LogP contribution is -2.48. The molecule has 1 aromatic carbocycles. The van der Waals surface area contributed by atoms with E-state index in [0.717, 1.165) is 30.7 Å². The molecule has 2 rings (SSSR count). The van der Waals surface area contributed by atoms with E-state index in [1.54, 1.807) is 20.3 Å². The third kappa shape index (κ3) is 3.48. The van der Waals surface area contributed by atoms with Crippen molar-refractivity contribution in [1.82, 2.24) is 4.90 Å². The van der Waals surface area contributed by atoms with Gasteiger partial charge in [0, 0.05) is 38.3 Å². The summed E-state index contributed by atoms with van der Waals surface area (Å²) in [6.07, 6.45) is 2.17. The van der Waals surface area contributed by atoms with Crippen LogP contribution in [0.4, 0.5) is 4.39 Å². The van der Waals surface area contributed by atoms with Crippen LogP contribution in [0, 0.1) is 5.82 Å². The molecule has 0 aromatic heterocycles. The van der Waals surface area contributed by atoms with E-state index in [0.29, 0.717) is 13.1 Å². The molecule has 1 fully saturated rings. The molecule has 2 unspecified atom stereocenters. The Labute approximate surface area is 119 Å². The molecule has 1 saturated heterocycles. The molecule has 1 aromatic rings. The van der Waals surface area contributed by atoms with E-state index >= 15 is 0 Å². The first-order valence-corrected chi connectivity index (χ1v) is 6.97. The summed E-state index contributed by atoms with van der Waals surface area (Å²) in [5.41, 5.74) is 6.72. The van der Waals surface area contributed by atoms with E-state index in [2.05, 4.69) is 4.90 Å². The number of ether oxygens (including phenoxy) is 2. The zero-order valence-corrected chi connectivity index (χ0v) is 12.1. The van der Waals surface area contributed by atoms with Crippen LogP contribution in [0.2, 0.25) is 0 Å². The standard InChI is InChI=1S/C15H23FN2O2/c1-19-14-5-6-18(13(8-14)9-17)10-11-7-12(16)3-4-15(11)20-2/h3-4,7,13-14H,5-6,8-10,17H2,1-2H3. The minimum Gasteiger partial charge on any atom is -0.496 e. The molecule has 4 nitrogen and oxygen atoms in total. The van der Waals surface area contributed by atoms with E-state index in [1.807, 2.05) is 0 Å². The van der Waals surface area contributed by atoms with Crippen LogP contribution in [0.15, 0.2) is 18.2 Å². The maximum atomic E-state index is 13.4. The first kappa shape index (κ1) is 15.2. The highest BCUT2D eigenvalue weighted by Gasteiger charge is 2.28. The maximum absolute atomic E-state index is 13.4. The highest BCUT2D eigenvalue weighted by Crippen LogP contribution is 2.26. The highest BCUT2D eigenvalue weighted by molar-refractivity contribution is 5.34. The number of nitrogens with zero attached hydrogens (tertiary/aromatic N) is 1. The molecule has 1 aliphatic heterocycles. The predicted octanol–water partition coefficient (Wildman–Crippen LogP) is 1.77. The van der Waals surface area contributed by atoms with E-state index in [9.17, 15) is 4.39 Å². The number of halogens is 1. The molecule has 20 heavy (non-hydrogen) atoms. The molecule has 0 spiro atoms. The van der Waals surface area contributed by atoms with Gasteiger partial charge in [0.15, 0.2) is 0 Å². The van der Waals surface area contributed by atoms with E-state index in [-0.39, 0.29) is 18.0 Å². The molecule has 0 bridgehead atoms. The van der Waals surface area contributed by atoms with Crippen molar-refractivity contribution < 1.29 is 13.9 Å². The predicted molar refractivity (Wildman–Crippen MR) is 76.2 cm³/mol. The number of nitrogens with two attached hydrogens (primary N) is 1. The van der Waals surface area contributed by atoms with Crippen molar-refractivity contribution in [1.29, 1.82) is 0 Å². The number of piperidine rings is 1. The summed E-state index contributed by atoms with van der Waals surface area (Å²) in [5, 5.41) is 0. The minimum atomic E-state index is -0.239. The third-order valence-electron chi connectivity index (χ3n) is 4.01. The lowest BCUT2D eigenvalue weighted by molar-refractivity contribution is 0.00997. The minimum absolute atomic E-state index is 0.239. The molecule has 1 aliphatic rings. The summed E-state index contributed by atoms with van der Waals surface area (Å²) in [4.78, 5) is 2.28. The van der Waals surface area contributed by atoms with Crippen LogP contribution in [0.3, 0.4) is 0 Å². The largest absolute Gasteiger partial charge is 0.496 e. The Morgan fingerprint density at radius 3 is 2.85 bits per heavy atom. The van der Waals surface area contributed by atoms with Gasteiger partial charge in [0.25, 0.3) is 0 Å².